The van der Waals surface area contributed by atoms with Crippen LogP contribution in [0.2, 0.25) is 5.02 Å². The van der Waals surface area contributed by atoms with Gasteiger partial charge in [-0.25, -0.2) is 14.1 Å². The van der Waals surface area contributed by atoms with E-state index in [2.05, 4.69) is 10.6 Å². The Morgan fingerprint density at radius 2 is 1.64 bits per heavy atom. The topological polar surface area (TPSA) is 114 Å². The first kappa shape index (κ1) is 30.9. The number of hydrogen-bond donors (Lipinski definition) is 2. The highest BCUT2D eigenvalue weighted by Gasteiger charge is 2.51. The van der Waals surface area contributed by atoms with E-state index in [0.29, 0.717) is 16.9 Å². The molecule has 0 aromatic heterocycles. The van der Waals surface area contributed by atoms with E-state index >= 15 is 0 Å². The highest BCUT2D eigenvalue weighted by atomic mass is 35.5. The summed E-state index contributed by atoms with van der Waals surface area (Å²) in [6.07, 6.45) is 8.93. The number of urea groups is 1. The summed E-state index contributed by atoms with van der Waals surface area (Å²) in [5.41, 5.74) is 2.26. The SMILES string of the molecule is COc1cc(C=C2C(=O)NC(=O)N(c3ccc(C45CC6CC(CC(C6)C4)C5)cc3)C2=O)cc(Cl)c1OCC(=O)Nc1ccc(F)cc1. The molecule has 5 aliphatic rings. The molecule has 242 valence electrons. The van der Waals surface area contributed by atoms with Crippen molar-refractivity contribution >= 4 is 52.8 Å². The van der Waals surface area contributed by atoms with Gasteiger partial charge in [0.25, 0.3) is 17.7 Å². The summed E-state index contributed by atoms with van der Waals surface area (Å²) in [6, 6.07) is 15.0. The number of imide groups is 2. The summed E-state index contributed by atoms with van der Waals surface area (Å²) >= 11 is 6.48. The molecule has 4 bridgehead atoms. The smallest absolute Gasteiger partial charge is 0.335 e. The lowest BCUT2D eigenvalue weighted by Gasteiger charge is -2.57. The number of methoxy groups -OCH3 is 1. The largest absolute Gasteiger partial charge is 0.493 e. The molecule has 4 aliphatic carbocycles. The lowest BCUT2D eigenvalue weighted by Crippen LogP contribution is -2.54. The van der Waals surface area contributed by atoms with Gasteiger partial charge >= 0.3 is 6.03 Å². The zero-order chi connectivity index (χ0) is 32.9. The van der Waals surface area contributed by atoms with Crippen molar-refractivity contribution in [3.05, 3.63) is 88.2 Å². The number of ether oxygens (including phenoxy) is 2. The molecule has 3 aromatic rings. The lowest BCUT2D eigenvalue weighted by molar-refractivity contribution is -0.122. The first-order chi connectivity index (χ1) is 22.6. The van der Waals surface area contributed by atoms with Crippen LogP contribution in [-0.4, -0.2) is 37.5 Å². The van der Waals surface area contributed by atoms with Crippen LogP contribution >= 0.6 is 11.6 Å². The van der Waals surface area contributed by atoms with E-state index in [1.165, 1.54) is 93.7 Å². The molecule has 11 heteroatoms. The summed E-state index contributed by atoms with van der Waals surface area (Å²) in [6.45, 7) is -0.423. The van der Waals surface area contributed by atoms with Gasteiger partial charge in [-0.05, 0) is 127 Å². The van der Waals surface area contributed by atoms with Gasteiger partial charge < -0.3 is 14.8 Å². The Bertz CT molecular complexity index is 1770. The van der Waals surface area contributed by atoms with Crippen molar-refractivity contribution in [1.82, 2.24) is 5.32 Å². The highest BCUT2D eigenvalue weighted by Crippen LogP contribution is 2.60. The van der Waals surface area contributed by atoms with Crippen LogP contribution in [0.5, 0.6) is 11.5 Å². The number of hydrogen-bond acceptors (Lipinski definition) is 6. The van der Waals surface area contributed by atoms with Crippen molar-refractivity contribution in [2.24, 2.45) is 17.8 Å². The molecule has 47 heavy (non-hydrogen) atoms. The molecule has 0 atom stereocenters. The van der Waals surface area contributed by atoms with Crippen molar-refractivity contribution in [3.63, 3.8) is 0 Å². The van der Waals surface area contributed by atoms with Crippen LogP contribution < -0.4 is 25.0 Å². The number of amides is 5. The lowest BCUT2D eigenvalue weighted by atomic mass is 9.48. The number of halogens is 2. The number of benzene rings is 3. The fourth-order valence-corrected chi connectivity index (χ4v) is 8.59. The van der Waals surface area contributed by atoms with Crippen LogP contribution in [0.1, 0.15) is 49.7 Å². The Hall–Kier alpha value is -4.70. The Labute approximate surface area is 276 Å². The number of nitrogens with one attached hydrogen (secondary N) is 2. The predicted molar refractivity (Wildman–Crippen MR) is 174 cm³/mol. The van der Waals surface area contributed by atoms with Crippen molar-refractivity contribution < 1.29 is 33.0 Å². The summed E-state index contributed by atoms with van der Waals surface area (Å²) in [5, 5.41) is 4.91. The predicted octanol–water partition coefficient (Wildman–Crippen LogP) is 6.64. The molecular formula is C36H33ClFN3O6. The number of rotatable bonds is 8. The van der Waals surface area contributed by atoms with Gasteiger partial charge in [0.15, 0.2) is 18.1 Å². The Balaban J connectivity index is 1.08. The highest BCUT2D eigenvalue weighted by molar-refractivity contribution is 6.39. The molecule has 1 heterocycles. The Kier molecular flexibility index (Phi) is 8.00. The van der Waals surface area contributed by atoms with Gasteiger partial charge in [0.05, 0.1) is 17.8 Å². The molecule has 5 amide bonds. The van der Waals surface area contributed by atoms with Gasteiger partial charge in [0.1, 0.15) is 11.4 Å². The van der Waals surface area contributed by atoms with E-state index in [0.717, 1.165) is 22.7 Å². The fraction of sp³-hybridized carbons (Fsp3) is 0.333. The average Bonchev–Trinajstić information content (AvgIpc) is 3.03. The molecule has 0 radical (unpaired) electrons. The molecular weight excluding hydrogens is 625 g/mol. The molecule has 3 aromatic carbocycles. The molecule has 1 aliphatic heterocycles. The van der Waals surface area contributed by atoms with Gasteiger partial charge in [-0.1, -0.05) is 23.7 Å². The van der Waals surface area contributed by atoms with Crippen LogP contribution in [0, 0.1) is 23.6 Å². The van der Waals surface area contributed by atoms with Gasteiger partial charge in [-0.2, -0.15) is 0 Å². The molecule has 9 nitrogen and oxygen atoms in total. The standard InChI is InChI=1S/C36H33ClFN3O6/c1-46-30-15-20(14-29(37)32(30)47-19-31(42)39-26-6-4-25(38)5-7-26)13-28-33(43)40-35(45)41(34(28)44)27-8-2-24(3-9-27)36-16-21-10-22(17-36)12-23(11-21)18-36/h2-9,13-15,21-23H,10-12,16-19H2,1H3,(H,39,42)(H,40,43,45). The average molecular weight is 658 g/mol. The van der Waals surface area contributed by atoms with Crippen LogP contribution in [0.3, 0.4) is 0 Å². The quantitative estimate of drug-likeness (QED) is 0.207. The van der Waals surface area contributed by atoms with E-state index in [4.69, 9.17) is 21.1 Å². The van der Waals surface area contributed by atoms with E-state index < -0.39 is 36.2 Å². The number of anilines is 2. The fourth-order valence-electron chi connectivity index (χ4n) is 8.32. The van der Waals surface area contributed by atoms with E-state index in [9.17, 15) is 23.6 Å². The van der Waals surface area contributed by atoms with Crippen LogP contribution in [0.25, 0.3) is 6.08 Å². The summed E-state index contributed by atoms with van der Waals surface area (Å²) in [7, 11) is 1.37. The Morgan fingerprint density at radius 3 is 2.26 bits per heavy atom. The second-order valence-corrected chi connectivity index (χ2v) is 13.5. The van der Waals surface area contributed by atoms with Gasteiger partial charge in [-0.3, -0.25) is 19.7 Å². The molecule has 0 spiro atoms. The minimum atomic E-state index is -0.839. The van der Waals surface area contributed by atoms with E-state index in [1.54, 1.807) is 12.1 Å². The maximum absolute atomic E-state index is 13.6. The molecule has 0 unspecified atom stereocenters. The zero-order valence-electron chi connectivity index (χ0n) is 25.7. The van der Waals surface area contributed by atoms with Crippen LogP contribution in [0.4, 0.5) is 20.6 Å². The minimum Gasteiger partial charge on any atom is -0.493 e. The van der Waals surface area contributed by atoms with Gasteiger partial charge in [-0.15, -0.1) is 0 Å². The number of barbiturate groups is 1. The third kappa shape index (κ3) is 5.98. The normalized spacial score (nSPS) is 25.6. The van der Waals surface area contributed by atoms with Crippen molar-refractivity contribution in [2.45, 2.75) is 43.9 Å². The van der Waals surface area contributed by atoms with Crippen LogP contribution in [0.15, 0.2) is 66.2 Å². The summed E-state index contributed by atoms with van der Waals surface area (Å²) < 4.78 is 24.2. The van der Waals surface area contributed by atoms with Crippen molar-refractivity contribution in [1.29, 1.82) is 0 Å². The summed E-state index contributed by atoms with van der Waals surface area (Å²) in [4.78, 5) is 52.8. The van der Waals surface area contributed by atoms with Gasteiger partial charge in [0.2, 0.25) is 0 Å². The van der Waals surface area contributed by atoms with Crippen molar-refractivity contribution in [2.75, 3.05) is 23.9 Å². The Morgan fingerprint density at radius 1 is 1.00 bits per heavy atom. The van der Waals surface area contributed by atoms with E-state index in [-0.39, 0.29) is 27.5 Å². The number of carbonyl (C=O) groups excluding carboxylic acids is 4. The van der Waals surface area contributed by atoms with E-state index in [1.807, 2.05) is 12.1 Å². The third-order valence-corrected chi connectivity index (χ3v) is 10.2. The molecule has 5 fully saturated rings. The molecule has 8 rings (SSSR count). The van der Waals surface area contributed by atoms with Crippen molar-refractivity contribution in [3.8, 4) is 11.5 Å². The first-order valence-corrected chi connectivity index (χ1v) is 16.1. The maximum Gasteiger partial charge on any atom is 0.335 e. The molecule has 4 saturated carbocycles. The zero-order valence-corrected chi connectivity index (χ0v) is 26.4. The van der Waals surface area contributed by atoms with Crippen LogP contribution in [-0.2, 0) is 19.8 Å². The monoisotopic (exact) mass is 657 g/mol. The molecule has 1 saturated heterocycles. The third-order valence-electron chi connectivity index (χ3n) is 9.92. The first-order valence-electron chi connectivity index (χ1n) is 15.7. The summed E-state index contributed by atoms with van der Waals surface area (Å²) in [5.74, 6) is 0.0254. The second kappa shape index (κ2) is 12.2. The van der Waals surface area contributed by atoms with Gasteiger partial charge in [0, 0.05) is 5.69 Å². The molecule has 2 N–H and O–H groups in total. The minimum absolute atomic E-state index is 0.0580. The number of carbonyl (C=O) groups is 4. The maximum atomic E-state index is 13.6. The second-order valence-electron chi connectivity index (χ2n) is 13.1. The number of nitrogens with zero attached hydrogens (tertiary/aromatic N) is 1.